The zero-order valence-corrected chi connectivity index (χ0v) is 13.6. The Hall–Kier alpha value is -2.89. The number of hydrogen-bond acceptors (Lipinski definition) is 4. The molecule has 0 atom stereocenters. The van der Waals surface area contributed by atoms with Gasteiger partial charge < -0.3 is 10.1 Å². The Labute approximate surface area is 140 Å². The lowest BCUT2D eigenvalue weighted by molar-refractivity contribution is -0.121. The third kappa shape index (κ3) is 3.71. The van der Waals surface area contributed by atoms with Crippen LogP contribution >= 0.6 is 0 Å². The summed E-state index contributed by atoms with van der Waals surface area (Å²) in [6.45, 7) is 2.92. The lowest BCUT2D eigenvalue weighted by Crippen LogP contribution is -2.24. The number of amides is 1. The fraction of sp³-hybridized carbons (Fsp3) is 0.278. The van der Waals surface area contributed by atoms with E-state index in [9.17, 15) is 4.79 Å². The monoisotopic (exact) mass is 324 g/mol. The Balaban J connectivity index is 1.55. The molecular formula is C18H20N4O2. The van der Waals surface area contributed by atoms with Crippen LogP contribution in [0.4, 0.5) is 0 Å². The second kappa shape index (κ2) is 7.59. The summed E-state index contributed by atoms with van der Waals surface area (Å²) in [7, 11) is 0. The van der Waals surface area contributed by atoms with E-state index in [1.165, 1.54) is 0 Å². The zero-order valence-electron chi connectivity index (χ0n) is 13.6. The van der Waals surface area contributed by atoms with Crippen LogP contribution in [0.2, 0.25) is 0 Å². The predicted octanol–water partition coefficient (Wildman–Crippen LogP) is 2.38. The van der Waals surface area contributed by atoms with Crippen molar-refractivity contribution in [3.05, 3.63) is 60.0 Å². The van der Waals surface area contributed by atoms with Crippen LogP contribution in [0, 0.1) is 0 Å². The van der Waals surface area contributed by atoms with Gasteiger partial charge in [-0.1, -0.05) is 24.3 Å². The molecule has 3 aromatic rings. The number of para-hydroxylation sites is 1. The molecule has 0 spiro atoms. The van der Waals surface area contributed by atoms with E-state index in [4.69, 9.17) is 4.74 Å². The summed E-state index contributed by atoms with van der Waals surface area (Å²) in [5.74, 6) is 1.54. The first-order valence-corrected chi connectivity index (χ1v) is 8.04. The van der Waals surface area contributed by atoms with E-state index in [0.29, 0.717) is 31.8 Å². The van der Waals surface area contributed by atoms with E-state index in [0.717, 1.165) is 17.0 Å². The molecule has 0 bridgehead atoms. The Morgan fingerprint density at radius 3 is 2.88 bits per heavy atom. The van der Waals surface area contributed by atoms with Crippen molar-refractivity contribution in [3.63, 3.8) is 0 Å². The molecule has 2 aromatic heterocycles. The van der Waals surface area contributed by atoms with Gasteiger partial charge in [0.1, 0.15) is 5.75 Å². The van der Waals surface area contributed by atoms with Crippen molar-refractivity contribution in [2.75, 3.05) is 6.61 Å². The van der Waals surface area contributed by atoms with E-state index in [2.05, 4.69) is 15.5 Å². The number of hydrogen-bond donors (Lipinski definition) is 1. The first-order chi connectivity index (χ1) is 11.8. The van der Waals surface area contributed by atoms with Gasteiger partial charge in [0.25, 0.3) is 0 Å². The van der Waals surface area contributed by atoms with Gasteiger partial charge in [0.15, 0.2) is 11.5 Å². The predicted molar refractivity (Wildman–Crippen MR) is 90.8 cm³/mol. The highest BCUT2D eigenvalue weighted by molar-refractivity contribution is 5.76. The fourth-order valence-corrected chi connectivity index (χ4v) is 2.53. The minimum atomic E-state index is -0.0195. The highest BCUT2D eigenvalue weighted by Gasteiger charge is 2.09. The van der Waals surface area contributed by atoms with Crippen molar-refractivity contribution in [3.8, 4) is 5.75 Å². The van der Waals surface area contributed by atoms with Gasteiger partial charge in [-0.2, -0.15) is 0 Å². The number of rotatable bonds is 7. The SMILES string of the molecule is CCOc1ccccc1CCC(=O)NCc1nnc2ccccn12. The summed E-state index contributed by atoms with van der Waals surface area (Å²) in [6.07, 6.45) is 2.93. The molecule has 0 aliphatic heterocycles. The first-order valence-electron chi connectivity index (χ1n) is 8.04. The minimum Gasteiger partial charge on any atom is -0.494 e. The second-order valence-electron chi connectivity index (χ2n) is 5.36. The number of nitrogens with zero attached hydrogens (tertiary/aromatic N) is 3. The molecule has 0 fully saturated rings. The lowest BCUT2D eigenvalue weighted by Gasteiger charge is -2.09. The molecule has 0 aliphatic carbocycles. The van der Waals surface area contributed by atoms with Crippen LogP contribution in [0.15, 0.2) is 48.7 Å². The summed E-state index contributed by atoms with van der Waals surface area (Å²) in [4.78, 5) is 12.1. The van der Waals surface area contributed by atoms with Crippen LogP contribution in [0.1, 0.15) is 24.7 Å². The molecule has 0 saturated carbocycles. The summed E-state index contributed by atoms with van der Waals surface area (Å²) >= 11 is 0. The van der Waals surface area contributed by atoms with Crippen LogP contribution in [0.25, 0.3) is 5.65 Å². The number of nitrogens with one attached hydrogen (secondary N) is 1. The van der Waals surface area contributed by atoms with Crippen LogP contribution in [0.3, 0.4) is 0 Å². The van der Waals surface area contributed by atoms with Gasteiger partial charge in [-0.05, 0) is 37.1 Å². The maximum absolute atomic E-state index is 12.1. The molecule has 6 heteroatoms. The van der Waals surface area contributed by atoms with Crippen LogP contribution < -0.4 is 10.1 Å². The molecule has 0 aliphatic rings. The minimum absolute atomic E-state index is 0.0195. The van der Waals surface area contributed by atoms with E-state index < -0.39 is 0 Å². The summed E-state index contributed by atoms with van der Waals surface area (Å²) in [5.41, 5.74) is 1.81. The smallest absolute Gasteiger partial charge is 0.220 e. The van der Waals surface area contributed by atoms with Crippen molar-refractivity contribution < 1.29 is 9.53 Å². The Bertz CT molecular complexity index is 829. The Morgan fingerprint density at radius 1 is 1.17 bits per heavy atom. The van der Waals surface area contributed by atoms with Crippen molar-refractivity contribution in [2.45, 2.75) is 26.3 Å². The summed E-state index contributed by atoms with van der Waals surface area (Å²) < 4.78 is 7.45. The van der Waals surface area contributed by atoms with E-state index in [1.54, 1.807) is 0 Å². The number of ether oxygens (including phenoxy) is 1. The highest BCUT2D eigenvalue weighted by atomic mass is 16.5. The molecule has 0 saturated heterocycles. The van der Waals surface area contributed by atoms with E-state index in [-0.39, 0.29) is 5.91 Å². The number of carbonyl (C=O) groups is 1. The van der Waals surface area contributed by atoms with Gasteiger partial charge >= 0.3 is 0 Å². The molecule has 2 heterocycles. The molecule has 0 unspecified atom stereocenters. The summed E-state index contributed by atoms with van der Waals surface area (Å²) in [5, 5.41) is 11.1. The van der Waals surface area contributed by atoms with Gasteiger partial charge in [-0.3, -0.25) is 9.20 Å². The Kier molecular flexibility index (Phi) is 5.05. The van der Waals surface area contributed by atoms with Crippen LogP contribution in [-0.4, -0.2) is 27.1 Å². The standard InChI is InChI=1S/C18H20N4O2/c1-2-24-15-8-4-3-7-14(15)10-11-18(23)19-13-17-21-20-16-9-5-6-12-22(16)17/h3-9,12H,2,10-11,13H2,1H3,(H,19,23). The molecule has 0 radical (unpaired) electrons. The third-order valence-electron chi connectivity index (χ3n) is 3.72. The van der Waals surface area contributed by atoms with E-state index in [1.807, 2.05) is 60.0 Å². The van der Waals surface area contributed by atoms with Gasteiger partial charge in [0.05, 0.1) is 13.2 Å². The number of pyridine rings is 1. The number of carbonyl (C=O) groups excluding carboxylic acids is 1. The van der Waals surface area contributed by atoms with Gasteiger partial charge in [0.2, 0.25) is 5.91 Å². The van der Waals surface area contributed by atoms with Crippen LogP contribution in [0.5, 0.6) is 5.75 Å². The largest absolute Gasteiger partial charge is 0.494 e. The quantitative estimate of drug-likeness (QED) is 0.724. The van der Waals surface area contributed by atoms with Gasteiger partial charge in [0, 0.05) is 12.6 Å². The number of aromatic nitrogens is 3. The molecule has 1 aromatic carbocycles. The Morgan fingerprint density at radius 2 is 2.00 bits per heavy atom. The molecule has 6 nitrogen and oxygen atoms in total. The molecule has 3 rings (SSSR count). The maximum atomic E-state index is 12.1. The van der Waals surface area contributed by atoms with Crippen molar-refractivity contribution in [2.24, 2.45) is 0 Å². The number of aryl methyl sites for hydroxylation is 1. The number of benzene rings is 1. The summed E-state index contributed by atoms with van der Waals surface area (Å²) in [6, 6.07) is 13.5. The number of fused-ring (bicyclic) bond motifs is 1. The van der Waals surface area contributed by atoms with E-state index >= 15 is 0 Å². The average molecular weight is 324 g/mol. The van der Waals surface area contributed by atoms with Gasteiger partial charge in [-0.25, -0.2) is 0 Å². The normalized spacial score (nSPS) is 10.7. The van der Waals surface area contributed by atoms with Crippen LogP contribution in [-0.2, 0) is 17.8 Å². The zero-order chi connectivity index (χ0) is 16.8. The topological polar surface area (TPSA) is 68.5 Å². The van der Waals surface area contributed by atoms with Gasteiger partial charge in [-0.15, -0.1) is 10.2 Å². The first kappa shape index (κ1) is 16.0. The lowest BCUT2D eigenvalue weighted by atomic mass is 10.1. The fourth-order valence-electron chi connectivity index (χ4n) is 2.53. The highest BCUT2D eigenvalue weighted by Crippen LogP contribution is 2.19. The molecule has 24 heavy (non-hydrogen) atoms. The maximum Gasteiger partial charge on any atom is 0.220 e. The molecule has 1 amide bonds. The third-order valence-corrected chi connectivity index (χ3v) is 3.72. The van der Waals surface area contributed by atoms with Crippen molar-refractivity contribution in [1.29, 1.82) is 0 Å². The second-order valence-corrected chi connectivity index (χ2v) is 5.36. The molecule has 124 valence electrons. The molecule has 1 N–H and O–H groups in total. The van der Waals surface area contributed by atoms with Crippen molar-refractivity contribution in [1.82, 2.24) is 19.9 Å². The molecular weight excluding hydrogens is 304 g/mol. The average Bonchev–Trinajstić information content (AvgIpc) is 3.03. The van der Waals surface area contributed by atoms with Crippen molar-refractivity contribution >= 4 is 11.6 Å².